The first-order chi connectivity index (χ1) is 16.8. The van der Waals surface area contributed by atoms with E-state index in [-0.39, 0.29) is 23.8 Å². The minimum atomic E-state index is -4.09. The summed E-state index contributed by atoms with van der Waals surface area (Å²) >= 11 is 5.96. The van der Waals surface area contributed by atoms with Crippen LogP contribution in [0.5, 0.6) is 0 Å². The van der Waals surface area contributed by atoms with Crippen molar-refractivity contribution in [2.75, 3.05) is 0 Å². The molecule has 0 spiro atoms. The molecule has 2 N–H and O–H groups in total. The van der Waals surface area contributed by atoms with Crippen LogP contribution in [0.1, 0.15) is 45.4 Å². The molecule has 3 aromatic rings. The normalized spacial score (nSPS) is 16.2. The molecule has 8 nitrogen and oxygen atoms in total. The van der Waals surface area contributed by atoms with E-state index in [1.807, 2.05) is 39.8 Å². The number of rotatable bonds is 8. The number of cyclic esters (lactones) is 1. The zero-order chi connectivity index (χ0) is 26.4. The third-order valence-electron chi connectivity index (χ3n) is 6.22. The van der Waals surface area contributed by atoms with E-state index >= 15 is 0 Å². The molecule has 0 unspecified atom stereocenters. The SMILES string of the molecule is CC(C)C[C@H](C(N)=O)N(Cc1ccc2c(c1)cc1n2C(=O)OC(C)(C)C1)S(=O)(=O)c1ccc(Cl)cc1. The summed E-state index contributed by atoms with van der Waals surface area (Å²) in [6.45, 7) is 7.45. The number of amides is 1. The molecule has 2 aromatic carbocycles. The topological polar surface area (TPSA) is 112 Å². The molecule has 36 heavy (non-hydrogen) atoms. The Bertz CT molecular complexity index is 1430. The number of nitrogens with two attached hydrogens (primary N) is 1. The van der Waals surface area contributed by atoms with Crippen LogP contribution in [0.25, 0.3) is 10.9 Å². The maximum atomic E-state index is 13.7. The van der Waals surface area contributed by atoms with Crippen molar-refractivity contribution in [3.05, 3.63) is 64.8 Å². The number of primary amides is 1. The highest BCUT2D eigenvalue weighted by Gasteiger charge is 2.36. The van der Waals surface area contributed by atoms with Crippen molar-refractivity contribution in [1.29, 1.82) is 0 Å². The second-order valence-electron chi connectivity index (χ2n) is 10.2. The molecule has 0 radical (unpaired) electrons. The fraction of sp³-hybridized carbons (Fsp3) is 0.385. The smallest absolute Gasteiger partial charge is 0.419 e. The van der Waals surface area contributed by atoms with E-state index in [2.05, 4.69) is 0 Å². The number of hydrogen-bond donors (Lipinski definition) is 1. The highest BCUT2D eigenvalue weighted by atomic mass is 35.5. The lowest BCUT2D eigenvalue weighted by Crippen LogP contribution is -2.48. The Labute approximate surface area is 216 Å². The van der Waals surface area contributed by atoms with Crippen LogP contribution in [0.3, 0.4) is 0 Å². The number of sulfonamides is 1. The summed E-state index contributed by atoms with van der Waals surface area (Å²) in [6.07, 6.45) is 0.380. The first kappa shape index (κ1) is 26.2. The van der Waals surface area contributed by atoms with Crippen molar-refractivity contribution < 1.29 is 22.7 Å². The van der Waals surface area contributed by atoms with E-state index in [1.54, 1.807) is 12.1 Å². The van der Waals surface area contributed by atoms with E-state index in [0.717, 1.165) is 15.4 Å². The third kappa shape index (κ3) is 5.14. The van der Waals surface area contributed by atoms with Crippen molar-refractivity contribution in [2.24, 2.45) is 11.7 Å². The Morgan fingerprint density at radius 1 is 1.17 bits per heavy atom. The second-order valence-corrected chi connectivity index (χ2v) is 12.5. The second kappa shape index (κ2) is 9.53. The summed E-state index contributed by atoms with van der Waals surface area (Å²) in [6, 6.07) is 12.0. The van der Waals surface area contributed by atoms with Crippen LogP contribution < -0.4 is 5.73 Å². The van der Waals surface area contributed by atoms with E-state index in [1.165, 1.54) is 28.8 Å². The number of halogens is 1. The zero-order valence-corrected chi connectivity index (χ0v) is 22.3. The number of hydrogen-bond acceptors (Lipinski definition) is 5. The number of carbonyl (C=O) groups is 2. The van der Waals surface area contributed by atoms with E-state index < -0.39 is 33.7 Å². The lowest BCUT2D eigenvalue weighted by molar-refractivity contribution is -0.122. The van der Waals surface area contributed by atoms with Gasteiger partial charge in [-0.05, 0) is 74.2 Å². The largest absolute Gasteiger partial charge is 0.442 e. The van der Waals surface area contributed by atoms with Crippen molar-refractivity contribution in [1.82, 2.24) is 8.87 Å². The summed E-state index contributed by atoms with van der Waals surface area (Å²) in [5.74, 6) is -0.688. The highest BCUT2D eigenvalue weighted by Crippen LogP contribution is 2.32. The third-order valence-corrected chi connectivity index (χ3v) is 8.35. The summed E-state index contributed by atoms with van der Waals surface area (Å²) in [5.41, 5.74) is 7.26. The van der Waals surface area contributed by atoms with Crippen molar-refractivity contribution in [2.45, 2.75) is 63.6 Å². The molecule has 0 aliphatic carbocycles. The number of aromatic nitrogens is 1. The first-order valence-electron chi connectivity index (χ1n) is 11.7. The predicted molar refractivity (Wildman–Crippen MR) is 138 cm³/mol. The maximum Gasteiger partial charge on any atom is 0.419 e. The van der Waals surface area contributed by atoms with Crippen LogP contribution in [-0.2, 0) is 32.5 Å². The van der Waals surface area contributed by atoms with Gasteiger partial charge in [-0.3, -0.25) is 4.79 Å². The molecular formula is C26H30ClN3O5S. The van der Waals surface area contributed by atoms with Crippen molar-refractivity contribution >= 4 is 44.5 Å². The Kier molecular flexibility index (Phi) is 6.94. The van der Waals surface area contributed by atoms with Gasteiger partial charge in [0.25, 0.3) is 0 Å². The molecule has 0 saturated heterocycles. The van der Waals surface area contributed by atoms with Gasteiger partial charge in [-0.25, -0.2) is 17.8 Å². The summed E-state index contributed by atoms with van der Waals surface area (Å²) in [7, 11) is -4.09. The molecule has 2 heterocycles. The van der Waals surface area contributed by atoms with Gasteiger partial charge in [0.2, 0.25) is 15.9 Å². The number of benzene rings is 2. The quantitative estimate of drug-likeness (QED) is 0.452. The number of fused-ring (bicyclic) bond motifs is 3. The van der Waals surface area contributed by atoms with E-state index in [0.29, 0.717) is 22.5 Å². The van der Waals surface area contributed by atoms with Gasteiger partial charge in [0, 0.05) is 29.1 Å². The monoisotopic (exact) mass is 531 g/mol. The molecule has 192 valence electrons. The van der Waals surface area contributed by atoms with Crippen LogP contribution in [0.15, 0.2) is 53.4 Å². The van der Waals surface area contributed by atoms with Gasteiger partial charge in [0.15, 0.2) is 0 Å². The van der Waals surface area contributed by atoms with Crippen LogP contribution >= 0.6 is 11.6 Å². The molecule has 0 bridgehead atoms. The lowest BCUT2D eigenvalue weighted by atomic mass is 10.0. The molecule has 1 aliphatic heterocycles. The van der Waals surface area contributed by atoms with Gasteiger partial charge in [-0.1, -0.05) is 31.5 Å². The molecule has 0 fully saturated rings. The summed E-state index contributed by atoms with van der Waals surface area (Å²) in [5, 5.41) is 1.18. The van der Waals surface area contributed by atoms with Crippen molar-refractivity contribution in [3.63, 3.8) is 0 Å². The van der Waals surface area contributed by atoms with Gasteiger partial charge in [0.05, 0.1) is 10.4 Å². The van der Waals surface area contributed by atoms with Gasteiger partial charge in [0.1, 0.15) is 11.6 Å². The predicted octanol–water partition coefficient (Wildman–Crippen LogP) is 4.71. The molecule has 1 amide bonds. The average Bonchev–Trinajstić information content (AvgIpc) is 3.12. The molecule has 1 aromatic heterocycles. The maximum absolute atomic E-state index is 13.7. The minimum absolute atomic E-state index is 0.0206. The van der Waals surface area contributed by atoms with Crippen molar-refractivity contribution in [3.8, 4) is 0 Å². The Hall–Kier alpha value is -2.88. The summed E-state index contributed by atoms with van der Waals surface area (Å²) in [4.78, 5) is 25.1. The van der Waals surface area contributed by atoms with Gasteiger partial charge in [-0.15, -0.1) is 0 Å². The lowest BCUT2D eigenvalue weighted by Gasteiger charge is -2.30. The number of ether oxygens (including phenoxy) is 1. The van der Waals surface area contributed by atoms with Crippen LogP contribution in [0, 0.1) is 5.92 Å². The fourth-order valence-corrected chi connectivity index (χ4v) is 6.35. The Morgan fingerprint density at radius 3 is 2.44 bits per heavy atom. The molecule has 4 rings (SSSR count). The standard InChI is InChI=1S/C26H30ClN3O5S/c1-16(2)11-23(24(28)31)29(36(33,34)21-8-6-19(27)7-9-21)15-17-5-10-22-18(12-17)13-20-14-26(3,4)35-25(32)30(20)22/h5-10,12-13,16,23H,11,14-15H2,1-4H3,(H2,28,31)/t23-/m1/s1. The zero-order valence-electron chi connectivity index (χ0n) is 20.7. The van der Waals surface area contributed by atoms with Gasteiger partial charge in [-0.2, -0.15) is 4.31 Å². The van der Waals surface area contributed by atoms with E-state index in [4.69, 9.17) is 22.1 Å². The summed E-state index contributed by atoms with van der Waals surface area (Å²) < 4.78 is 35.7. The Balaban J connectivity index is 1.77. The molecular weight excluding hydrogens is 502 g/mol. The molecule has 0 saturated carbocycles. The molecule has 10 heteroatoms. The van der Waals surface area contributed by atoms with E-state index in [9.17, 15) is 18.0 Å². The first-order valence-corrected chi connectivity index (χ1v) is 13.5. The number of carbonyl (C=O) groups excluding carboxylic acids is 2. The molecule has 1 aliphatic rings. The number of nitrogens with zero attached hydrogens (tertiary/aromatic N) is 2. The van der Waals surface area contributed by atoms with Gasteiger partial charge < -0.3 is 10.5 Å². The van der Waals surface area contributed by atoms with Crippen LogP contribution in [0.2, 0.25) is 5.02 Å². The minimum Gasteiger partial charge on any atom is -0.442 e. The fourth-order valence-electron chi connectivity index (χ4n) is 4.63. The van der Waals surface area contributed by atoms with Crippen LogP contribution in [0.4, 0.5) is 4.79 Å². The highest BCUT2D eigenvalue weighted by molar-refractivity contribution is 7.89. The molecule has 1 atom stereocenters. The Morgan fingerprint density at radius 2 is 1.83 bits per heavy atom. The van der Waals surface area contributed by atoms with Gasteiger partial charge >= 0.3 is 6.09 Å². The van der Waals surface area contributed by atoms with Crippen LogP contribution in [-0.4, -0.2) is 40.9 Å². The average molecular weight is 532 g/mol.